The second kappa shape index (κ2) is 8.87. The summed E-state index contributed by atoms with van der Waals surface area (Å²) in [6.07, 6.45) is 0. The molecule has 138 valence electrons. The van der Waals surface area contributed by atoms with Crippen LogP contribution in [0.4, 0.5) is 5.69 Å². The fourth-order valence-corrected chi connectivity index (χ4v) is 3.86. The maximum absolute atomic E-state index is 12.3. The van der Waals surface area contributed by atoms with Gasteiger partial charge in [-0.25, -0.2) is 0 Å². The molecule has 0 spiro atoms. The summed E-state index contributed by atoms with van der Waals surface area (Å²) in [7, 11) is 0. The molecule has 1 amide bonds. The number of piperazine rings is 1. The summed E-state index contributed by atoms with van der Waals surface area (Å²) in [5.74, 6) is -0.00780. The van der Waals surface area contributed by atoms with Crippen LogP contribution >= 0.6 is 23.2 Å². The normalized spacial score (nSPS) is 20.0. The molecule has 0 radical (unpaired) electrons. The second-order valence-corrected chi connectivity index (χ2v) is 7.80. The highest BCUT2D eigenvalue weighted by Crippen LogP contribution is 2.25. The van der Waals surface area contributed by atoms with E-state index in [1.54, 1.807) is 23.1 Å². The van der Waals surface area contributed by atoms with Gasteiger partial charge >= 0.3 is 0 Å². The van der Waals surface area contributed by atoms with Crippen LogP contribution in [0.3, 0.4) is 0 Å². The van der Waals surface area contributed by atoms with Gasteiger partial charge in [-0.15, -0.1) is 0 Å². The maximum Gasteiger partial charge on any atom is 0.279 e. The van der Waals surface area contributed by atoms with Crippen molar-refractivity contribution < 1.29 is 14.6 Å². The molecule has 26 heavy (non-hydrogen) atoms. The molecule has 1 aliphatic rings. The van der Waals surface area contributed by atoms with Crippen molar-refractivity contribution in [3.63, 3.8) is 0 Å². The Hall–Kier alpha value is -1.59. The first-order chi connectivity index (χ1) is 12.5. The van der Waals surface area contributed by atoms with E-state index in [1.807, 2.05) is 0 Å². The molecule has 0 saturated carbocycles. The van der Waals surface area contributed by atoms with E-state index in [-0.39, 0.29) is 5.91 Å². The zero-order valence-corrected chi connectivity index (χ0v) is 16.5. The maximum atomic E-state index is 12.3. The van der Waals surface area contributed by atoms with Gasteiger partial charge in [0.15, 0.2) is 6.54 Å². The third-order valence-electron chi connectivity index (χ3n) is 4.98. The first-order valence-corrected chi connectivity index (χ1v) is 9.73. The Morgan fingerprint density at radius 2 is 1.73 bits per heavy atom. The minimum atomic E-state index is -0.00780. The average molecular weight is 394 g/mol. The molecule has 1 fully saturated rings. The Labute approximate surface area is 164 Å². The van der Waals surface area contributed by atoms with Crippen LogP contribution in [0.1, 0.15) is 11.1 Å². The molecule has 6 heteroatoms. The lowest BCUT2D eigenvalue weighted by molar-refractivity contribution is -1.02. The first kappa shape index (κ1) is 19.2. The third kappa shape index (κ3) is 5.21. The number of benzene rings is 2. The minimum Gasteiger partial charge on any atom is -0.322 e. The number of amides is 1. The fourth-order valence-electron chi connectivity index (χ4n) is 3.40. The van der Waals surface area contributed by atoms with Gasteiger partial charge in [-0.1, -0.05) is 47.5 Å². The van der Waals surface area contributed by atoms with Crippen LogP contribution in [0.5, 0.6) is 0 Å². The topological polar surface area (TPSA) is 38.0 Å². The van der Waals surface area contributed by atoms with E-state index in [4.69, 9.17) is 23.2 Å². The van der Waals surface area contributed by atoms with E-state index in [1.165, 1.54) is 16.0 Å². The van der Waals surface area contributed by atoms with E-state index in [0.29, 0.717) is 22.3 Å². The molecular formula is C20H25Cl2N3O+2. The van der Waals surface area contributed by atoms with Gasteiger partial charge in [0.05, 0.1) is 10.7 Å². The Morgan fingerprint density at radius 3 is 2.42 bits per heavy atom. The van der Waals surface area contributed by atoms with Gasteiger partial charge in [-0.05, 0) is 30.7 Å². The van der Waals surface area contributed by atoms with Crippen LogP contribution < -0.4 is 15.1 Å². The molecule has 3 rings (SSSR count). The van der Waals surface area contributed by atoms with Gasteiger partial charge in [0.25, 0.3) is 5.91 Å². The molecule has 0 bridgehead atoms. The summed E-state index contributed by atoms with van der Waals surface area (Å²) >= 11 is 12.0. The van der Waals surface area contributed by atoms with Gasteiger partial charge < -0.3 is 15.1 Å². The van der Waals surface area contributed by atoms with Crippen molar-refractivity contribution in [2.75, 3.05) is 38.0 Å². The summed E-state index contributed by atoms with van der Waals surface area (Å²) in [5.41, 5.74) is 3.39. The van der Waals surface area contributed by atoms with E-state index >= 15 is 0 Å². The molecule has 0 atom stereocenters. The Bertz CT molecular complexity index is 773. The summed E-state index contributed by atoms with van der Waals surface area (Å²) < 4.78 is 0. The predicted octanol–water partition coefficient (Wildman–Crippen LogP) is 1.22. The number of anilines is 1. The highest BCUT2D eigenvalue weighted by molar-refractivity contribution is 6.36. The zero-order chi connectivity index (χ0) is 18.5. The molecular weight excluding hydrogens is 369 g/mol. The molecule has 3 N–H and O–H groups in total. The second-order valence-electron chi connectivity index (χ2n) is 6.95. The smallest absolute Gasteiger partial charge is 0.279 e. The molecule has 1 aliphatic heterocycles. The van der Waals surface area contributed by atoms with Crippen molar-refractivity contribution in [2.45, 2.75) is 13.5 Å². The number of aryl methyl sites for hydroxylation is 1. The molecule has 1 saturated heterocycles. The average Bonchev–Trinajstić information content (AvgIpc) is 2.61. The number of rotatable bonds is 5. The molecule has 0 aliphatic carbocycles. The van der Waals surface area contributed by atoms with Crippen molar-refractivity contribution in [3.05, 3.63) is 63.6 Å². The lowest BCUT2D eigenvalue weighted by atomic mass is 10.1. The van der Waals surface area contributed by atoms with Gasteiger partial charge in [0.1, 0.15) is 32.7 Å². The Kier molecular flexibility index (Phi) is 6.54. The predicted molar refractivity (Wildman–Crippen MR) is 106 cm³/mol. The summed E-state index contributed by atoms with van der Waals surface area (Å²) in [6.45, 7) is 7.87. The largest absolute Gasteiger partial charge is 0.322 e. The number of hydrogen-bond acceptors (Lipinski definition) is 1. The van der Waals surface area contributed by atoms with Gasteiger partial charge in [0.2, 0.25) is 0 Å². The summed E-state index contributed by atoms with van der Waals surface area (Å²) in [4.78, 5) is 15.2. The zero-order valence-electron chi connectivity index (χ0n) is 14.9. The van der Waals surface area contributed by atoms with Crippen LogP contribution in [-0.4, -0.2) is 38.6 Å². The lowest BCUT2D eigenvalue weighted by Crippen LogP contribution is -3.28. The monoisotopic (exact) mass is 393 g/mol. The molecule has 0 aromatic heterocycles. The molecule has 0 unspecified atom stereocenters. The number of hydrogen-bond donors (Lipinski definition) is 3. The van der Waals surface area contributed by atoms with Gasteiger partial charge in [-0.3, -0.25) is 4.79 Å². The van der Waals surface area contributed by atoms with Gasteiger partial charge in [-0.2, -0.15) is 0 Å². The van der Waals surface area contributed by atoms with Crippen molar-refractivity contribution in [2.24, 2.45) is 0 Å². The van der Waals surface area contributed by atoms with Crippen LogP contribution in [0, 0.1) is 6.92 Å². The Morgan fingerprint density at radius 1 is 1.04 bits per heavy atom. The highest BCUT2D eigenvalue weighted by Gasteiger charge is 2.25. The first-order valence-electron chi connectivity index (χ1n) is 8.98. The van der Waals surface area contributed by atoms with Crippen LogP contribution in [0.2, 0.25) is 10.0 Å². The summed E-state index contributed by atoms with van der Waals surface area (Å²) in [6, 6.07) is 13.7. The summed E-state index contributed by atoms with van der Waals surface area (Å²) in [5, 5.41) is 3.91. The van der Waals surface area contributed by atoms with Crippen LogP contribution in [0.15, 0.2) is 42.5 Å². The van der Waals surface area contributed by atoms with E-state index in [9.17, 15) is 4.79 Å². The molecule has 4 nitrogen and oxygen atoms in total. The van der Waals surface area contributed by atoms with Gasteiger partial charge in [0, 0.05) is 10.6 Å². The molecule has 1 heterocycles. The number of quaternary nitrogens is 2. The fraction of sp³-hybridized carbons (Fsp3) is 0.350. The number of nitrogens with one attached hydrogen (secondary N) is 3. The van der Waals surface area contributed by atoms with E-state index in [2.05, 4.69) is 36.5 Å². The van der Waals surface area contributed by atoms with E-state index < -0.39 is 0 Å². The quantitative estimate of drug-likeness (QED) is 0.701. The minimum absolute atomic E-state index is 0.00780. The van der Waals surface area contributed by atoms with Crippen molar-refractivity contribution in [1.29, 1.82) is 0 Å². The SMILES string of the molecule is Cc1ccccc1C[NH+]1CC[NH+](CC(=O)Nc2ccc(Cl)cc2Cl)CC1. The number of carbonyl (C=O) groups excluding carboxylic acids is 1. The Balaban J connectivity index is 1.46. The van der Waals surface area contributed by atoms with Crippen LogP contribution in [0.25, 0.3) is 0 Å². The van der Waals surface area contributed by atoms with Crippen molar-refractivity contribution in [1.82, 2.24) is 0 Å². The van der Waals surface area contributed by atoms with Crippen molar-refractivity contribution >= 4 is 34.8 Å². The van der Waals surface area contributed by atoms with Crippen molar-refractivity contribution in [3.8, 4) is 0 Å². The van der Waals surface area contributed by atoms with E-state index in [0.717, 1.165) is 32.7 Å². The number of halogens is 2. The standard InChI is InChI=1S/C20H23Cl2N3O/c1-15-4-2-3-5-16(15)13-24-8-10-25(11-9-24)14-20(26)23-19-7-6-17(21)12-18(19)22/h2-7,12H,8-11,13-14H2,1H3,(H,23,26)/p+2. The van der Waals surface area contributed by atoms with Crippen LogP contribution in [-0.2, 0) is 11.3 Å². The third-order valence-corrected chi connectivity index (χ3v) is 5.53. The highest BCUT2D eigenvalue weighted by atomic mass is 35.5. The molecule has 2 aromatic rings. The lowest BCUT2D eigenvalue weighted by Gasteiger charge is -2.29. The molecule has 2 aromatic carbocycles. The number of carbonyl (C=O) groups is 1.